The third-order valence-electron chi connectivity index (χ3n) is 4.73. The minimum atomic E-state index is -0.408. The zero-order valence-electron chi connectivity index (χ0n) is 16.8. The first-order chi connectivity index (χ1) is 15.0. The molecule has 6 heteroatoms. The van der Waals surface area contributed by atoms with Crippen molar-refractivity contribution >= 4 is 46.3 Å². The summed E-state index contributed by atoms with van der Waals surface area (Å²) in [5.74, 6) is -0.0670. The van der Waals surface area contributed by atoms with Crippen molar-refractivity contribution in [2.75, 3.05) is 0 Å². The van der Waals surface area contributed by atoms with Crippen LogP contribution >= 0.6 is 24.0 Å². The maximum absolute atomic E-state index is 12.8. The fraction of sp³-hybridized carbons (Fsp3) is 0.0800. The van der Waals surface area contributed by atoms with Gasteiger partial charge >= 0.3 is 5.97 Å². The molecule has 1 aliphatic heterocycles. The first kappa shape index (κ1) is 21.0. The summed E-state index contributed by atoms with van der Waals surface area (Å²) in [7, 11) is 0. The van der Waals surface area contributed by atoms with E-state index in [9.17, 15) is 9.59 Å². The van der Waals surface area contributed by atoms with Gasteiger partial charge in [0.1, 0.15) is 10.1 Å². The van der Waals surface area contributed by atoms with Gasteiger partial charge in [0.15, 0.2) is 0 Å². The summed E-state index contributed by atoms with van der Waals surface area (Å²) >= 11 is 6.70. The SMILES string of the molecule is Cc1ccc(C(=O)Oc2ccc(C=C3SC(=S)N(Cc4ccccc4)C3=O)cc2)cc1. The van der Waals surface area contributed by atoms with E-state index in [1.54, 1.807) is 35.2 Å². The van der Waals surface area contributed by atoms with Crippen molar-refractivity contribution in [3.8, 4) is 5.75 Å². The van der Waals surface area contributed by atoms with Crippen molar-refractivity contribution in [1.29, 1.82) is 0 Å². The van der Waals surface area contributed by atoms with Crippen LogP contribution in [0.3, 0.4) is 0 Å². The lowest BCUT2D eigenvalue weighted by Crippen LogP contribution is -2.27. The monoisotopic (exact) mass is 445 g/mol. The van der Waals surface area contributed by atoms with E-state index in [0.29, 0.717) is 27.1 Å². The van der Waals surface area contributed by atoms with Crippen LogP contribution < -0.4 is 4.74 Å². The average Bonchev–Trinajstić information content (AvgIpc) is 3.03. The second kappa shape index (κ2) is 9.29. The molecule has 0 N–H and O–H groups in total. The molecule has 0 saturated carbocycles. The van der Waals surface area contributed by atoms with Crippen molar-refractivity contribution in [3.63, 3.8) is 0 Å². The predicted octanol–water partition coefficient (Wildman–Crippen LogP) is 5.62. The number of carbonyl (C=O) groups is 2. The van der Waals surface area contributed by atoms with Crippen molar-refractivity contribution in [3.05, 3.63) is 106 Å². The molecular weight excluding hydrogens is 426 g/mol. The summed E-state index contributed by atoms with van der Waals surface area (Å²) < 4.78 is 5.97. The van der Waals surface area contributed by atoms with Crippen LogP contribution in [0, 0.1) is 6.92 Å². The topological polar surface area (TPSA) is 46.6 Å². The van der Waals surface area contributed by atoms with Gasteiger partial charge in [-0.15, -0.1) is 0 Å². The van der Waals surface area contributed by atoms with Gasteiger partial charge in [0.2, 0.25) is 0 Å². The third kappa shape index (κ3) is 5.10. The highest BCUT2D eigenvalue weighted by molar-refractivity contribution is 8.26. The highest BCUT2D eigenvalue weighted by Gasteiger charge is 2.31. The van der Waals surface area contributed by atoms with E-state index in [-0.39, 0.29) is 5.91 Å². The number of rotatable bonds is 5. The van der Waals surface area contributed by atoms with Gasteiger partial charge in [-0.25, -0.2) is 4.79 Å². The zero-order chi connectivity index (χ0) is 21.8. The number of hydrogen-bond donors (Lipinski definition) is 0. The van der Waals surface area contributed by atoms with Crippen molar-refractivity contribution in [2.24, 2.45) is 0 Å². The summed E-state index contributed by atoms with van der Waals surface area (Å²) in [6.07, 6.45) is 1.80. The number of thioether (sulfide) groups is 1. The van der Waals surface area contributed by atoms with Gasteiger partial charge in [0.05, 0.1) is 17.0 Å². The Balaban J connectivity index is 1.43. The number of carbonyl (C=O) groups excluding carboxylic acids is 2. The maximum Gasteiger partial charge on any atom is 0.343 e. The molecule has 3 aromatic rings. The van der Waals surface area contributed by atoms with E-state index in [0.717, 1.165) is 16.7 Å². The number of nitrogens with zero attached hydrogens (tertiary/aromatic N) is 1. The van der Waals surface area contributed by atoms with Gasteiger partial charge in [0.25, 0.3) is 5.91 Å². The molecule has 0 atom stereocenters. The Morgan fingerprint density at radius 1 is 1.00 bits per heavy atom. The first-order valence-corrected chi connectivity index (χ1v) is 10.9. The van der Waals surface area contributed by atoms with Gasteiger partial charge in [-0.05, 0) is 48.4 Å². The van der Waals surface area contributed by atoms with Gasteiger partial charge in [-0.2, -0.15) is 0 Å². The number of amides is 1. The Morgan fingerprint density at radius 3 is 2.35 bits per heavy atom. The van der Waals surface area contributed by atoms with Crippen molar-refractivity contribution in [2.45, 2.75) is 13.5 Å². The Labute approximate surface area is 190 Å². The second-order valence-corrected chi connectivity index (χ2v) is 8.75. The molecule has 4 rings (SSSR count). The van der Waals surface area contributed by atoms with Gasteiger partial charge < -0.3 is 4.74 Å². The van der Waals surface area contributed by atoms with Crippen LogP contribution in [0.1, 0.15) is 27.0 Å². The van der Waals surface area contributed by atoms with Crippen molar-refractivity contribution < 1.29 is 14.3 Å². The molecule has 31 heavy (non-hydrogen) atoms. The van der Waals surface area contributed by atoms with Crippen LogP contribution in [0.2, 0.25) is 0 Å². The molecule has 4 nitrogen and oxygen atoms in total. The number of thiocarbonyl (C=S) groups is 1. The van der Waals surface area contributed by atoms with Crippen LogP contribution in [0.5, 0.6) is 5.75 Å². The second-order valence-electron chi connectivity index (χ2n) is 7.08. The average molecular weight is 446 g/mol. The molecule has 0 unspecified atom stereocenters. The molecule has 0 radical (unpaired) electrons. The fourth-order valence-corrected chi connectivity index (χ4v) is 4.30. The molecule has 1 amide bonds. The van der Waals surface area contributed by atoms with Crippen LogP contribution in [0.4, 0.5) is 0 Å². The summed E-state index contributed by atoms with van der Waals surface area (Å²) in [6, 6.07) is 24.0. The smallest absolute Gasteiger partial charge is 0.343 e. The van der Waals surface area contributed by atoms with Crippen LogP contribution in [-0.4, -0.2) is 21.1 Å². The zero-order valence-corrected chi connectivity index (χ0v) is 18.4. The fourth-order valence-electron chi connectivity index (χ4n) is 3.04. The van der Waals surface area contributed by atoms with E-state index in [1.807, 2.05) is 61.5 Å². The molecule has 1 saturated heterocycles. The Bertz CT molecular complexity index is 1150. The molecule has 1 heterocycles. The van der Waals surface area contributed by atoms with E-state index in [4.69, 9.17) is 17.0 Å². The minimum absolute atomic E-state index is 0.103. The molecule has 1 aliphatic rings. The number of hydrogen-bond acceptors (Lipinski definition) is 5. The minimum Gasteiger partial charge on any atom is -0.423 e. The summed E-state index contributed by atoms with van der Waals surface area (Å²) in [4.78, 5) is 27.2. The first-order valence-electron chi connectivity index (χ1n) is 9.68. The van der Waals surface area contributed by atoms with E-state index in [1.165, 1.54) is 11.8 Å². The summed E-state index contributed by atoms with van der Waals surface area (Å²) in [5.41, 5.74) is 3.43. The van der Waals surface area contributed by atoms with E-state index >= 15 is 0 Å². The molecule has 0 aromatic heterocycles. The normalized spacial score (nSPS) is 14.9. The molecular formula is C25H19NO3S2. The van der Waals surface area contributed by atoms with Gasteiger partial charge in [-0.1, -0.05) is 84.1 Å². The Kier molecular flexibility index (Phi) is 6.30. The van der Waals surface area contributed by atoms with E-state index < -0.39 is 5.97 Å². The summed E-state index contributed by atoms with van der Waals surface area (Å²) in [6.45, 7) is 2.42. The molecule has 3 aromatic carbocycles. The Morgan fingerprint density at radius 2 is 1.68 bits per heavy atom. The molecule has 0 aliphatic carbocycles. The highest BCUT2D eigenvalue weighted by atomic mass is 32.2. The molecule has 154 valence electrons. The predicted molar refractivity (Wildman–Crippen MR) is 128 cm³/mol. The quantitative estimate of drug-likeness (QED) is 0.221. The lowest BCUT2D eigenvalue weighted by Gasteiger charge is -2.14. The molecule has 0 bridgehead atoms. The van der Waals surface area contributed by atoms with Crippen LogP contribution in [-0.2, 0) is 11.3 Å². The van der Waals surface area contributed by atoms with E-state index in [2.05, 4.69) is 0 Å². The van der Waals surface area contributed by atoms with Crippen LogP contribution in [0.15, 0.2) is 83.8 Å². The number of benzene rings is 3. The lowest BCUT2D eigenvalue weighted by atomic mass is 10.1. The molecule has 1 fully saturated rings. The standard InChI is InChI=1S/C25H19NO3S2/c1-17-7-11-20(12-8-17)24(28)29-21-13-9-18(10-14-21)15-22-23(27)26(25(30)31-22)16-19-5-3-2-4-6-19/h2-15H,16H2,1H3. The highest BCUT2D eigenvalue weighted by Crippen LogP contribution is 2.33. The number of aryl methyl sites for hydroxylation is 1. The third-order valence-corrected chi connectivity index (χ3v) is 6.11. The molecule has 0 spiro atoms. The number of ether oxygens (including phenoxy) is 1. The van der Waals surface area contributed by atoms with Crippen LogP contribution in [0.25, 0.3) is 6.08 Å². The lowest BCUT2D eigenvalue weighted by molar-refractivity contribution is -0.122. The van der Waals surface area contributed by atoms with Gasteiger partial charge in [0, 0.05) is 0 Å². The van der Waals surface area contributed by atoms with Gasteiger partial charge in [-0.3, -0.25) is 9.69 Å². The Hall–Kier alpha value is -3.22. The maximum atomic E-state index is 12.8. The van der Waals surface area contributed by atoms with Crippen molar-refractivity contribution in [1.82, 2.24) is 4.90 Å². The summed E-state index contributed by atoms with van der Waals surface area (Å²) in [5, 5.41) is 0. The number of esters is 1. The largest absolute Gasteiger partial charge is 0.423 e.